The van der Waals surface area contributed by atoms with Gasteiger partial charge in [-0.15, -0.1) is 0 Å². The number of benzene rings is 3. The number of rotatable bonds is 16. The van der Waals surface area contributed by atoms with Crippen LogP contribution in [0.3, 0.4) is 0 Å². The van der Waals surface area contributed by atoms with Crippen molar-refractivity contribution in [2.75, 3.05) is 78.1 Å². The zero-order chi connectivity index (χ0) is 36.0. The van der Waals surface area contributed by atoms with Gasteiger partial charge in [0.25, 0.3) is 5.91 Å². The minimum absolute atomic E-state index is 0. The van der Waals surface area contributed by atoms with Gasteiger partial charge in [-0.3, -0.25) is 14.5 Å². The van der Waals surface area contributed by atoms with Crippen molar-refractivity contribution >= 4 is 22.5 Å². The number of hydrogen-bond acceptors (Lipinski definition) is 6. The average Bonchev–Trinajstić information content (AvgIpc) is 3.14. The van der Waals surface area contributed by atoms with Crippen molar-refractivity contribution in [2.24, 2.45) is 0 Å². The number of anilines is 1. The molecule has 9 nitrogen and oxygen atoms in total. The molecule has 0 radical (unpaired) electrons. The van der Waals surface area contributed by atoms with E-state index in [1.807, 2.05) is 12.1 Å². The molecule has 3 aliphatic rings. The molecule has 52 heavy (non-hydrogen) atoms. The van der Waals surface area contributed by atoms with Crippen LogP contribution in [0.1, 0.15) is 55.8 Å². The van der Waals surface area contributed by atoms with E-state index in [0.717, 1.165) is 31.0 Å². The van der Waals surface area contributed by atoms with Crippen LogP contribution in [0.25, 0.3) is 16.6 Å². The van der Waals surface area contributed by atoms with Crippen molar-refractivity contribution in [1.29, 1.82) is 0 Å². The maximum absolute atomic E-state index is 14.1. The molecule has 280 valence electrons. The van der Waals surface area contributed by atoms with Gasteiger partial charge in [0.1, 0.15) is 34.4 Å². The summed E-state index contributed by atoms with van der Waals surface area (Å²) in [5.41, 5.74) is 0.440. The third-order valence-electron chi connectivity index (χ3n) is 10.5. The molecule has 7 rings (SSSR count). The summed E-state index contributed by atoms with van der Waals surface area (Å²) in [6, 6.07) is 13.3. The molecule has 0 saturated carbocycles. The molecule has 2 bridgehead atoms. The molecule has 0 unspecified atom stereocenters. The number of piperazine rings is 3. The molecule has 1 aromatic heterocycles. The van der Waals surface area contributed by atoms with Crippen LogP contribution >= 0.6 is 0 Å². The first-order chi connectivity index (χ1) is 24.7. The molecule has 12 heteroatoms. The van der Waals surface area contributed by atoms with Gasteiger partial charge in [-0.05, 0) is 50.5 Å². The maximum Gasteiger partial charge on any atom is 0.263 e. The summed E-state index contributed by atoms with van der Waals surface area (Å²) >= 11 is 0. The third kappa shape index (κ3) is 8.95. The largest absolute Gasteiger partial charge is 1.00 e. The number of carbonyl (C=O) groups excluding carboxylic acids is 1. The Morgan fingerprint density at radius 1 is 0.808 bits per heavy atom. The van der Waals surface area contributed by atoms with Crippen LogP contribution in [0.4, 0.5) is 14.5 Å². The highest BCUT2D eigenvalue weighted by Gasteiger charge is 2.37. The minimum Gasteiger partial charge on any atom is -1.00 e. The molecule has 3 aliphatic heterocycles. The Bertz CT molecular complexity index is 1880. The predicted octanol–water partition coefficient (Wildman–Crippen LogP) is 3.82. The monoisotopic (exact) mass is 782 g/mol. The number of quaternary nitrogens is 1. The van der Waals surface area contributed by atoms with Crippen LogP contribution in [0.5, 0.6) is 17.2 Å². The Labute approximate surface area is 315 Å². The van der Waals surface area contributed by atoms with Crippen molar-refractivity contribution in [3.05, 3.63) is 88.2 Å². The fourth-order valence-electron chi connectivity index (χ4n) is 7.49. The van der Waals surface area contributed by atoms with Crippen LogP contribution in [0.15, 0.2) is 65.6 Å². The Morgan fingerprint density at radius 3 is 2.10 bits per heavy atom. The molecular formula is C40H49BrF2N4O5. The molecule has 3 saturated heterocycles. The summed E-state index contributed by atoms with van der Waals surface area (Å²) in [4.78, 5) is 31.5. The van der Waals surface area contributed by atoms with Gasteiger partial charge in [0.2, 0.25) is 5.43 Å². The maximum atomic E-state index is 14.1. The smallest absolute Gasteiger partial charge is 0.263 e. The van der Waals surface area contributed by atoms with Crippen LogP contribution in [-0.2, 0) is 0 Å². The third-order valence-corrected chi connectivity index (χ3v) is 10.5. The molecule has 3 fully saturated rings. The molecule has 4 heterocycles. The zero-order valence-electron chi connectivity index (χ0n) is 30.3. The normalized spacial score (nSPS) is 17.8. The van der Waals surface area contributed by atoms with Crippen molar-refractivity contribution in [3.8, 4) is 22.9 Å². The van der Waals surface area contributed by atoms with Gasteiger partial charge in [-0.2, -0.15) is 0 Å². The summed E-state index contributed by atoms with van der Waals surface area (Å²) in [6.07, 6.45) is 8.47. The van der Waals surface area contributed by atoms with Gasteiger partial charge in [-0.25, -0.2) is 8.78 Å². The number of pyridine rings is 1. The van der Waals surface area contributed by atoms with Gasteiger partial charge < -0.3 is 45.1 Å². The molecule has 0 spiro atoms. The first-order valence-electron chi connectivity index (χ1n) is 18.1. The summed E-state index contributed by atoms with van der Waals surface area (Å²) in [7, 11) is 3.10. The number of hydrogen-bond donors (Lipinski definition) is 0. The van der Waals surface area contributed by atoms with E-state index < -0.39 is 23.0 Å². The lowest BCUT2D eigenvalue weighted by molar-refractivity contribution is -0.941. The molecular weight excluding hydrogens is 734 g/mol. The van der Waals surface area contributed by atoms with Gasteiger partial charge in [0.15, 0.2) is 0 Å². The van der Waals surface area contributed by atoms with Gasteiger partial charge >= 0.3 is 0 Å². The summed E-state index contributed by atoms with van der Waals surface area (Å²) in [5, 5.41) is 0.274. The fourth-order valence-corrected chi connectivity index (χ4v) is 7.49. The number of carbonyl (C=O) groups is 1. The van der Waals surface area contributed by atoms with Crippen LogP contribution < -0.4 is 41.5 Å². The lowest BCUT2D eigenvalue weighted by Crippen LogP contribution is -3.00. The van der Waals surface area contributed by atoms with E-state index in [0.29, 0.717) is 35.1 Å². The van der Waals surface area contributed by atoms with Crippen LogP contribution in [-0.4, -0.2) is 93.0 Å². The standard InChI is InChI=1S/C40H49F2N4O5.BrH/c1-4-44(31-22-29(41)21-30(42)23-31)40(48)37-28-45(38-27-33(49-2)11-12-36(38)39(37)47)32-24-34(50-3)26-35(25-32)51-20-10-8-6-5-7-9-16-46-17-13-43(14-18-46)15-19-46;/h11-12,21-28H,4-10,13-20H2,1-3H3;1H/q+1;/p-1. The topological polar surface area (TPSA) is 73.2 Å². The second-order valence-corrected chi connectivity index (χ2v) is 13.7. The Kier molecular flexibility index (Phi) is 13.3. The first kappa shape index (κ1) is 39.2. The molecule has 0 atom stereocenters. The van der Waals surface area contributed by atoms with E-state index >= 15 is 0 Å². The van der Waals surface area contributed by atoms with E-state index in [4.69, 9.17) is 14.2 Å². The Balaban J connectivity index is 0.00000523. The van der Waals surface area contributed by atoms with E-state index in [1.54, 1.807) is 42.9 Å². The summed E-state index contributed by atoms with van der Waals surface area (Å²) in [5.74, 6) is -0.672. The van der Waals surface area contributed by atoms with E-state index in [1.165, 1.54) is 94.2 Å². The Hall–Kier alpha value is -4.00. The first-order valence-corrected chi connectivity index (χ1v) is 18.1. The quantitative estimate of drug-likeness (QED) is 0.127. The number of halogens is 3. The van der Waals surface area contributed by atoms with E-state index in [-0.39, 0.29) is 40.2 Å². The van der Waals surface area contributed by atoms with Crippen molar-refractivity contribution in [3.63, 3.8) is 0 Å². The van der Waals surface area contributed by atoms with Crippen molar-refractivity contribution in [2.45, 2.75) is 45.4 Å². The number of methoxy groups -OCH3 is 2. The van der Waals surface area contributed by atoms with Gasteiger partial charge in [0.05, 0.1) is 58.2 Å². The minimum atomic E-state index is -0.822. The zero-order valence-corrected chi connectivity index (χ0v) is 31.9. The molecule has 4 aromatic rings. The SMILES string of the molecule is CCN(C(=O)c1cn(-c2cc(OC)cc(OCCCCCCCC[N+]34CCN(CC3)CC4)c2)c2cc(OC)ccc2c1=O)c1cc(F)cc(F)c1.[Br-]. The summed E-state index contributed by atoms with van der Waals surface area (Å²) in [6.45, 7) is 11.4. The van der Waals surface area contributed by atoms with Crippen molar-refractivity contribution < 1.29 is 49.3 Å². The molecule has 0 N–H and O–H groups in total. The van der Waals surface area contributed by atoms with Crippen molar-refractivity contribution in [1.82, 2.24) is 9.47 Å². The number of amides is 1. The van der Waals surface area contributed by atoms with Gasteiger partial charge in [-0.1, -0.05) is 19.3 Å². The number of unbranched alkanes of at least 4 members (excludes halogenated alkanes) is 5. The molecule has 0 aliphatic carbocycles. The fraction of sp³-hybridized carbons (Fsp3) is 0.450. The van der Waals surface area contributed by atoms with Crippen LogP contribution in [0, 0.1) is 11.6 Å². The Morgan fingerprint density at radius 2 is 1.44 bits per heavy atom. The summed E-state index contributed by atoms with van der Waals surface area (Å²) < 4.78 is 48.6. The molecule has 1 amide bonds. The highest BCUT2D eigenvalue weighted by molar-refractivity contribution is 6.07. The second kappa shape index (κ2) is 17.7. The van der Waals surface area contributed by atoms with E-state index in [2.05, 4.69) is 4.90 Å². The highest BCUT2D eigenvalue weighted by Crippen LogP contribution is 2.30. The van der Waals surface area contributed by atoms with E-state index in [9.17, 15) is 18.4 Å². The lowest BCUT2D eigenvalue weighted by atomic mass is 10.1. The lowest BCUT2D eigenvalue weighted by Gasteiger charge is -2.50. The average molecular weight is 784 g/mol. The number of ether oxygens (including phenoxy) is 3. The number of aromatic nitrogens is 1. The number of nitrogens with zero attached hydrogens (tertiary/aromatic N) is 4. The van der Waals surface area contributed by atoms with Crippen LogP contribution in [0.2, 0.25) is 0 Å². The predicted molar refractivity (Wildman–Crippen MR) is 196 cm³/mol. The van der Waals surface area contributed by atoms with Gasteiger partial charge in [0, 0.05) is 73.8 Å². The second-order valence-electron chi connectivity index (χ2n) is 13.7. The highest BCUT2D eigenvalue weighted by atomic mass is 79.9. The molecule has 3 aromatic carbocycles. The number of fused-ring (bicyclic) bond motifs is 4.